The minimum Gasteiger partial charge on any atom is -0.370 e. The Bertz CT molecular complexity index is 2530. The van der Waals surface area contributed by atoms with Crippen LogP contribution in [0.4, 0.5) is 0 Å². The van der Waals surface area contributed by atoms with Crippen molar-refractivity contribution in [1.29, 1.82) is 0 Å². The molecule has 0 spiro atoms. The summed E-state index contributed by atoms with van der Waals surface area (Å²) in [6.45, 7) is 2.53. The van der Waals surface area contributed by atoms with Gasteiger partial charge < -0.3 is 26.2 Å². The van der Waals surface area contributed by atoms with Crippen molar-refractivity contribution in [3.8, 4) is 0 Å². The van der Waals surface area contributed by atoms with E-state index in [0.29, 0.717) is 43.7 Å². The van der Waals surface area contributed by atoms with Gasteiger partial charge in [0.15, 0.2) is 0 Å². The largest absolute Gasteiger partial charge is 0.370 e. The van der Waals surface area contributed by atoms with E-state index in [-0.39, 0.29) is 67.6 Å². The van der Waals surface area contributed by atoms with Crippen molar-refractivity contribution in [2.24, 2.45) is 30.5 Å². The number of aryl methyl sites for hydroxylation is 1. The number of carbonyl (C=O) groups is 7. The van der Waals surface area contributed by atoms with Crippen LogP contribution < -0.4 is 27.4 Å². The monoisotopic (exact) mass is 914 g/mol. The van der Waals surface area contributed by atoms with Crippen molar-refractivity contribution in [2.75, 3.05) is 13.1 Å². The predicted octanol–water partition coefficient (Wildman–Crippen LogP) is 3.94. The molecule has 16 heteroatoms. The number of nitrogens with one attached hydrogen (secondary N) is 3. The highest BCUT2D eigenvalue weighted by Gasteiger charge is 2.45. The molecular weight excluding hydrogens is 853 g/mol. The Kier molecular flexibility index (Phi) is 14.4. The Labute approximate surface area is 390 Å². The topological polar surface area (TPSA) is 215 Å². The van der Waals surface area contributed by atoms with Gasteiger partial charge in [-0.2, -0.15) is 0 Å². The van der Waals surface area contributed by atoms with E-state index in [4.69, 9.17) is 5.73 Å². The van der Waals surface area contributed by atoms with Gasteiger partial charge in [0.2, 0.25) is 41.4 Å². The third kappa shape index (κ3) is 10.5. The zero-order chi connectivity index (χ0) is 47.4. The maximum absolute atomic E-state index is 14.2. The number of benzene rings is 3. The van der Waals surface area contributed by atoms with E-state index in [1.165, 1.54) is 4.57 Å². The zero-order valence-corrected chi connectivity index (χ0v) is 38.4. The summed E-state index contributed by atoms with van der Waals surface area (Å²) in [5.74, 6) is -2.34. The molecule has 0 radical (unpaired) electrons. The highest BCUT2D eigenvalue weighted by molar-refractivity contribution is 6.00. The Balaban J connectivity index is 0.847. The molecule has 5 N–H and O–H groups in total. The highest BCUT2D eigenvalue weighted by atomic mass is 16.2. The van der Waals surface area contributed by atoms with Crippen LogP contribution in [-0.4, -0.2) is 91.5 Å². The molecule has 3 saturated heterocycles. The number of nitrogens with two attached hydrogens (primary N) is 1. The first-order valence-electron chi connectivity index (χ1n) is 23.9. The Hall–Kier alpha value is -6.58. The van der Waals surface area contributed by atoms with E-state index in [1.54, 1.807) is 23.4 Å². The van der Waals surface area contributed by atoms with Gasteiger partial charge >= 0.3 is 5.69 Å². The fraction of sp³-hybridized carbons (Fsp3) is 0.490. The molecule has 4 aliphatic rings. The van der Waals surface area contributed by atoms with Gasteiger partial charge in [-0.3, -0.25) is 48.0 Å². The molecule has 1 saturated carbocycles. The van der Waals surface area contributed by atoms with Crippen molar-refractivity contribution < 1.29 is 33.6 Å². The van der Waals surface area contributed by atoms with E-state index < -0.39 is 53.7 Å². The van der Waals surface area contributed by atoms with Crippen molar-refractivity contribution >= 4 is 52.4 Å². The smallest absolute Gasteiger partial charge is 0.329 e. The number of rotatable bonds is 14. The Morgan fingerprint density at radius 2 is 1.46 bits per heavy atom. The first-order valence-corrected chi connectivity index (χ1v) is 23.9. The molecule has 3 aliphatic heterocycles. The summed E-state index contributed by atoms with van der Waals surface area (Å²) in [6, 6.07) is 21.5. The number of nitrogens with zero attached hydrogens (tertiary/aromatic N) is 4. The zero-order valence-electron chi connectivity index (χ0n) is 38.4. The van der Waals surface area contributed by atoms with Crippen molar-refractivity contribution in [3.63, 3.8) is 0 Å². The minimum atomic E-state index is -1.08. The van der Waals surface area contributed by atoms with E-state index in [1.807, 2.05) is 83.8 Å². The van der Waals surface area contributed by atoms with Gasteiger partial charge in [0.05, 0.1) is 23.0 Å². The number of imide groups is 1. The van der Waals surface area contributed by atoms with E-state index in [9.17, 15) is 38.4 Å². The summed E-state index contributed by atoms with van der Waals surface area (Å²) in [7, 11) is 1.70. The van der Waals surface area contributed by atoms with Gasteiger partial charge in [-0.1, -0.05) is 73.7 Å². The molecule has 354 valence electrons. The average molecular weight is 915 g/mol. The summed E-state index contributed by atoms with van der Waals surface area (Å²) in [5, 5.41) is 8.33. The molecule has 7 amide bonds. The third-order valence-electron chi connectivity index (χ3n) is 14.6. The van der Waals surface area contributed by atoms with Gasteiger partial charge in [0.25, 0.3) is 0 Å². The van der Waals surface area contributed by atoms with Crippen molar-refractivity contribution in [2.45, 2.75) is 121 Å². The van der Waals surface area contributed by atoms with Crippen LogP contribution >= 0.6 is 0 Å². The van der Waals surface area contributed by atoms with Gasteiger partial charge in [-0.15, -0.1) is 0 Å². The highest BCUT2D eigenvalue weighted by Crippen LogP contribution is 2.36. The maximum Gasteiger partial charge on any atom is 0.329 e. The SMILES string of the molecule is C[C@H]1CN(C(=O)C[C@H]2CC[C@@H](Cc3ccc4c(c3)n(C)c(=O)n4[C@@H]3CCC(=O)NC3=O)CC2)CC[C@H]2CC[C@@H](C(=O)N[C@@H](CCC(N)=O)C(=O)NC(c3ccccc3)c3ccccc3)N2C1=O. The van der Waals surface area contributed by atoms with Crippen LogP contribution in [0.2, 0.25) is 0 Å². The summed E-state index contributed by atoms with van der Waals surface area (Å²) in [6.07, 6.45) is 6.88. The maximum atomic E-state index is 14.2. The quantitative estimate of drug-likeness (QED) is 0.136. The van der Waals surface area contributed by atoms with E-state index in [0.717, 1.165) is 54.3 Å². The van der Waals surface area contributed by atoms with Gasteiger partial charge in [-0.05, 0) is 105 Å². The number of aromatic nitrogens is 2. The Morgan fingerprint density at radius 1 is 0.791 bits per heavy atom. The van der Waals surface area contributed by atoms with Crippen LogP contribution in [0.3, 0.4) is 0 Å². The summed E-state index contributed by atoms with van der Waals surface area (Å²) < 4.78 is 3.06. The number of piperidine rings is 1. The normalized spacial score (nSPS) is 23.8. The van der Waals surface area contributed by atoms with Crippen LogP contribution in [0.25, 0.3) is 11.0 Å². The van der Waals surface area contributed by atoms with Crippen molar-refractivity contribution in [1.82, 2.24) is 34.9 Å². The molecule has 16 nitrogen and oxygen atoms in total. The summed E-state index contributed by atoms with van der Waals surface area (Å²) in [4.78, 5) is 109. The number of hydrogen-bond donors (Lipinski definition) is 4. The molecular formula is C51H62N8O8. The predicted molar refractivity (Wildman–Crippen MR) is 250 cm³/mol. The second kappa shape index (κ2) is 20.5. The molecule has 8 rings (SSSR count). The number of hydrogen-bond acceptors (Lipinski definition) is 8. The molecule has 0 bridgehead atoms. The molecule has 0 unspecified atom stereocenters. The lowest BCUT2D eigenvalue weighted by atomic mass is 9.78. The van der Waals surface area contributed by atoms with Gasteiger partial charge in [0.1, 0.15) is 18.1 Å². The number of fused-ring (bicyclic) bond motifs is 2. The fourth-order valence-corrected chi connectivity index (χ4v) is 10.9. The molecule has 1 aromatic heterocycles. The Morgan fingerprint density at radius 3 is 2.12 bits per heavy atom. The minimum absolute atomic E-state index is 0.00725. The molecule has 4 fully saturated rings. The molecule has 1 aliphatic carbocycles. The lowest BCUT2D eigenvalue weighted by Gasteiger charge is -2.38. The number of amides is 7. The second-order valence-corrected chi connectivity index (χ2v) is 19.1. The molecule has 3 aromatic carbocycles. The first-order chi connectivity index (χ1) is 32.2. The number of imidazole rings is 1. The van der Waals surface area contributed by atoms with Gasteiger partial charge in [-0.25, -0.2) is 4.79 Å². The van der Waals surface area contributed by atoms with Gasteiger partial charge in [0, 0.05) is 45.4 Å². The van der Waals surface area contributed by atoms with Crippen LogP contribution in [0, 0.1) is 17.8 Å². The molecule has 4 heterocycles. The number of carbonyl (C=O) groups excluding carboxylic acids is 7. The van der Waals surface area contributed by atoms with E-state index >= 15 is 0 Å². The molecule has 67 heavy (non-hydrogen) atoms. The average Bonchev–Trinajstić information content (AvgIpc) is 3.85. The van der Waals surface area contributed by atoms with Crippen LogP contribution in [0.1, 0.15) is 113 Å². The summed E-state index contributed by atoms with van der Waals surface area (Å²) in [5.41, 5.74) is 9.43. The standard InChI is InChI=1S/C51H62N8O8/c1-31-30-57(45(62)29-33-15-13-32(14-16-33)27-34-17-20-39-42(28-34)56(2)51(67)59(39)41-22-24-44(61)54-49(41)65)26-25-37-18-21-40(58(37)50(31)66)48(64)53-38(19-23-43(52)60)47(63)55-46(35-9-5-3-6-10-35)36-11-7-4-8-12-36/h3-12,17,20,28,31-33,37-38,40-41,46H,13-16,18-19,21-27,29-30H2,1-2H3,(H2,52,60)(H,53,64)(H,55,63)(H,54,61,65)/t31-,32-,33+,37+,38-,40-,41+/m0/s1. The second-order valence-electron chi connectivity index (χ2n) is 19.1. The van der Waals surface area contributed by atoms with Crippen LogP contribution in [0.5, 0.6) is 0 Å². The van der Waals surface area contributed by atoms with Crippen LogP contribution in [0.15, 0.2) is 83.7 Å². The molecule has 5 atom stereocenters. The molecule has 4 aromatic rings. The number of primary amides is 1. The first kappa shape index (κ1) is 46.9. The third-order valence-corrected chi connectivity index (χ3v) is 14.6. The lowest BCUT2D eigenvalue weighted by Crippen LogP contribution is -2.57. The van der Waals surface area contributed by atoms with Crippen LogP contribution in [-0.2, 0) is 47.0 Å². The van der Waals surface area contributed by atoms with Crippen molar-refractivity contribution in [3.05, 3.63) is 106 Å². The lowest BCUT2D eigenvalue weighted by molar-refractivity contribution is -0.147. The summed E-state index contributed by atoms with van der Waals surface area (Å²) >= 11 is 0. The van der Waals surface area contributed by atoms with E-state index in [2.05, 4.69) is 16.0 Å². The fourth-order valence-electron chi connectivity index (χ4n) is 10.9.